The molecule has 0 aromatic carbocycles. The smallest absolute Gasteiger partial charge is 0.428 e. The Morgan fingerprint density at radius 3 is 2.86 bits per heavy atom. The van der Waals surface area contributed by atoms with Gasteiger partial charge in [-0.15, -0.1) is 0 Å². The minimum atomic E-state index is -0.811. The third kappa shape index (κ3) is 4.91. The van der Waals surface area contributed by atoms with Crippen molar-refractivity contribution in [1.29, 1.82) is 0 Å². The van der Waals surface area contributed by atoms with E-state index < -0.39 is 11.7 Å². The minimum absolute atomic E-state index is 0.0364. The first-order valence-corrected chi connectivity index (χ1v) is 13.6. The largest absolute Gasteiger partial charge is 0.435 e. The van der Waals surface area contributed by atoms with E-state index in [0.717, 1.165) is 50.0 Å². The second-order valence-corrected chi connectivity index (χ2v) is 11.2. The molecule has 2 saturated carbocycles. The van der Waals surface area contributed by atoms with Crippen molar-refractivity contribution in [2.45, 2.75) is 82.5 Å². The third-order valence-electron chi connectivity index (χ3n) is 8.10. The van der Waals surface area contributed by atoms with E-state index in [-0.39, 0.29) is 12.1 Å². The SMILES string of the molecule is C[C@@H](CC1CCC2(CC1)OC(=O)NN=C2c1cnc(C2CC2)cc1Cl)NC(=O)N1CCn2nccc2C1. The highest BCUT2D eigenvalue weighted by atomic mass is 35.5. The van der Waals surface area contributed by atoms with Gasteiger partial charge < -0.3 is 15.0 Å². The standard InChI is InChI=1S/C26H32ClN7O3/c1-16(30-24(35)33-10-11-34-19(15-33)6-9-29-34)12-17-4-7-26(8-5-17)23(31-32-25(36)37-26)20-14-28-22(13-21(20)27)18-2-3-18/h6,9,13-14,16-18H,2-5,7-8,10-12,15H2,1H3,(H,30,35)(H,32,36)/t16-,17?,26?/m0/s1. The van der Waals surface area contributed by atoms with Crippen LogP contribution in [0.25, 0.3) is 0 Å². The summed E-state index contributed by atoms with van der Waals surface area (Å²) in [5.74, 6) is 0.908. The van der Waals surface area contributed by atoms with Gasteiger partial charge in [-0.3, -0.25) is 9.67 Å². The summed E-state index contributed by atoms with van der Waals surface area (Å²) >= 11 is 6.67. The first kappa shape index (κ1) is 24.2. The number of carbonyl (C=O) groups is 2. The van der Waals surface area contributed by atoms with Crippen LogP contribution in [0.4, 0.5) is 9.59 Å². The molecule has 3 amide bonds. The molecule has 1 spiro atoms. The lowest BCUT2D eigenvalue weighted by molar-refractivity contribution is 0.0155. The van der Waals surface area contributed by atoms with Gasteiger partial charge in [0.25, 0.3) is 0 Å². The molecule has 1 atom stereocenters. The Labute approximate surface area is 220 Å². The lowest BCUT2D eigenvalue weighted by Gasteiger charge is -2.42. The van der Waals surface area contributed by atoms with Crippen LogP contribution in [0.3, 0.4) is 0 Å². The summed E-state index contributed by atoms with van der Waals surface area (Å²) < 4.78 is 7.84. The van der Waals surface area contributed by atoms with Gasteiger partial charge >= 0.3 is 12.1 Å². The molecule has 0 unspecified atom stereocenters. The van der Waals surface area contributed by atoms with Gasteiger partial charge in [0.2, 0.25) is 0 Å². The first-order chi connectivity index (χ1) is 17.9. The molecule has 11 heteroatoms. The van der Waals surface area contributed by atoms with Crippen molar-refractivity contribution in [2.24, 2.45) is 11.0 Å². The van der Waals surface area contributed by atoms with Crippen LogP contribution in [0.5, 0.6) is 0 Å². The van der Waals surface area contributed by atoms with Crippen molar-refractivity contribution in [3.63, 3.8) is 0 Å². The maximum atomic E-state index is 12.8. The van der Waals surface area contributed by atoms with Crippen molar-refractivity contribution in [2.75, 3.05) is 6.54 Å². The van der Waals surface area contributed by atoms with E-state index in [1.807, 2.05) is 21.7 Å². The molecule has 196 valence electrons. The number of nitrogens with one attached hydrogen (secondary N) is 2. The van der Waals surface area contributed by atoms with Gasteiger partial charge in [0.1, 0.15) is 5.71 Å². The Morgan fingerprint density at radius 2 is 2.11 bits per heavy atom. The normalized spacial score (nSPS) is 26.1. The highest BCUT2D eigenvalue weighted by Gasteiger charge is 2.47. The number of hydrogen-bond acceptors (Lipinski definition) is 6. The molecule has 2 fully saturated rings. The molecule has 6 rings (SSSR count). The molecule has 2 aromatic heterocycles. The third-order valence-corrected chi connectivity index (χ3v) is 8.41. The summed E-state index contributed by atoms with van der Waals surface area (Å²) in [6.07, 6.45) is 9.21. The number of halogens is 1. The molecule has 10 nitrogen and oxygen atoms in total. The van der Waals surface area contributed by atoms with Gasteiger partial charge in [-0.1, -0.05) is 11.6 Å². The van der Waals surface area contributed by atoms with Crippen LogP contribution in [0.2, 0.25) is 5.02 Å². The second-order valence-electron chi connectivity index (χ2n) is 10.8. The van der Waals surface area contributed by atoms with E-state index in [2.05, 4.69) is 32.9 Å². The van der Waals surface area contributed by atoms with Crippen LogP contribution in [-0.2, 0) is 17.8 Å². The van der Waals surface area contributed by atoms with Crippen LogP contribution < -0.4 is 10.7 Å². The molecule has 0 saturated heterocycles. The van der Waals surface area contributed by atoms with Crippen molar-refractivity contribution in [3.05, 3.63) is 46.5 Å². The number of carbonyl (C=O) groups excluding carboxylic acids is 2. The van der Waals surface area contributed by atoms with Crippen LogP contribution in [0, 0.1) is 5.92 Å². The van der Waals surface area contributed by atoms with Gasteiger partial charge in [0.05, 0.1) is 23.8 Å². The average molecular weight is 526 g/mol. The molecule has 2 aliphatic carbocycles. The molecule has 4 heterocycles. The Bertz CT molecular complexity index is 1230. The Morgan fingerprint density at radius 1 is 1.30 bits per heavy atom. The van der Waals surface area contributed by atoms with Gasteiger partial charge in [-0.2, -0.15) is 10.2 Å². The first-order valence-electron chi connectivity index (χ1n) is 13.2. The summed E-state index contributed by atoms with van der Waals surface area (Å²) in [6.45, 7) is 4.00. The van der Waals surface area contributed by atoms with Gasteiger partial charge in [0.15, 0.2) is 5.60 Å². The number of aromatic nitrogens is 3. The molecule has 2 N–H and O–H groups in total. The van der Waals surface area contributed by atoms with Crippen molar-refractivity contribution in [1.82, 2.24) is 30.4 Å². The number of urea groups is 1. The fourth-order valence-corrected chi connectivity index (χ4v) is 6.17. The molecule has 2 aromatic rings. The monoisotopic (exact) mass is 525 g/mol. The molecule has 37 heavy (non-hydrogen) atoms. The average Bonchev–Trinajstić information content (AvgIpc) is 3.63. The summed E-state index contributed by atoms with van der Waals surface area (Å²) in [5.41, 5.74) is 5.08. The Kier molecular flexibility index (Phi) is 6.30. The number of hydrazone groups is 1. The fraction of sp³-hybridized carbons (Fsp3) is 0.577. The van der Waals surface area contributed by atoms with E-state index in [0.29, 0.717) is 54.1 Å². The van der Waals surface area contributed by atoms with Crippen molar-refractivity contribution < 1.29 is 14.3 Å². The van der Waals surface area contributed by atoms with Crippen LogP contribution in [0.1, 0.15) is 74.7 Å². The summed E-state index contributed by atoms with van der Waals surface area (Å²) in [6, 6.07) is 3.88. The topological polar surface area (TPSA) is 114 Å². The van der Waals surface area contributed by atoms with Gasteiger partial charge in [-0.25, -0.2) is 15.0 Å². The Hall–Kier alpha value is -3.14. The van der Waals surface area contributed by atoms with Crippen molar-refractivity contribution >= 4 is 29.4 Å². The van der Waals surface area contributed by atoms with E-state index >= 15 is 0 Å². The number of nitrogens with zero attached hydrogens (tertiary/aromatic N) is 5. The van der Waals surface area contributed by atoms with E-state index in [4.69, 9.17) is 16.3 Å². The minimum Gasteiger partial charge on any atom is -0.435 e. The molecule has 4 aliphatic rings. The fourth-order valence-electron chi connectivity index (χ4n) is 5.92. The number of amides is 3. The number of pyridine rings is 1. The van der Waals surface area contributed by atoms with Crippen LogP contribution in [-0.4, -0.2) is 55.7 Å². The van der Waals surface area contributed by atoms with E-state index in [9.17, 15) is 9.59 Å². The summed E-state index contributed by atoms with van der Waals surface area (Å²) in [7, 11) is 0. The maximum absolute atomic E-state index is 12.8. The highest BCUT2D eigenvalue weighted by molar-refractivity contribution is 6.34. The number of fused-ring (bicyclic) bond motifs is 1. The summed E-state index contributed by atoms with van der Waals surface area (Å²) in [4.78, 5) is 31.5. The lowest BCUT2D eigenvalue weighted by atomic mass is 9.73. The molecular formula is C26H32ClN7O3. The Balaban J connectivity index is 1.07. The van der Waals surface area contributed by atoms with E-state index in [1.165, 1.54) is 0 Å². The molecule has 2 aliphatic heterocycles. The van der Waals surface area contributed by atoms with Crippen LogP contribution in [0.15, 0.2) is 29.6 Å². The zero-order chi connectivity index (χ0) is 25.6. The predicted octanol–water partition coefficient (Wildman–Crippen LogP) is 4.19. The van der Waals surface area contributed by atoms with Crippen molar-refractivity contribution in [3.8, 4) is 0 Å². The number of hydrogen-bond donors (Lipinski definition) is 2. The van der Waals surface area contributed by atoms with E-state index in [1.54, 1.807) is 12.4 Å². The van der Waals surface area contributed by atoms with Gasteiger partial charge in [-0.05, 0) is 69.9 Å². The molecule has 0 bridgehead atoms. The molecule has 0 radical (unpaired) electrons. The number of rotatable bonds is 5. The maximum Gasteiger partial charge on any atom is 0.428 e. The lowest BCUT2D eigenvalue weighted by Crippen LogP contribution is -2.53. The zero-order valence-electron chi connectivity index (χ0n) is 21.0. The number of ether oxygens (including phenoxy) is 1. The zero-order valence-corrected chi connectivity index (χ0v) is 21.7. The second kappa shape index (κ2) is 9.63. The van der Waals surface area contributed by atoms with Gasteiger partial charge in [0, 0.05) is 42.2 Å². The quantitative estimate of drug-likeness (QED) is 0.607. The highest BCUT2D eigenvalue weighted by Crippen LogP contribution is 2.43. The summed E-state index contributed by atoms with van der Waals surface area (Å²) in [5, 5.41) is 12.4. The predicted molar refractivity (Wildman–Crippen MR) is 137 cm³/mol. The molecular weight excluding hydrogens is 494 g/mol. The van der Waals surface area contributed by atoms with Crippen LogP contribution >= 0.6 is 11.6 Å².